The van der Waals surface area contributed by atoms with Crippen LogP contribution >= 0.6 is 0 Å². The molecular formula is C24H19NO4. The van der Waals surface area contributed by atoms with Gasteiger partial charge in [-0.25, -0.2) is 4.79 Å². The molecule has 4 aromatic rings. The van der Waals surface area contributed by atoms with Gasteiger partial charge in [0.15, 0.2) is 5.78 Å². The number of benzene rings is 3. The standard InChI is InChI=1S/C24H19NO4/c1-28-24(27)18-9-5-8-17(12-18)23(26)21-14-25-22-11-10-19(13-20(21)22)29-15-16-6-3-2-4-7-16/h2-14,25H,15H2,1H3. The zero-order valence-electron chi connectivity index (χ0n) is 15.8. The number of fused-ring (bicyclic) bond motifs is 1. The van der Waals surface area contributed by atoms with Crippen LogP contribution in [0, 0.1) is 0 Å². The summed E-state index contributed by atoms with van der Waals surface area (Å²) in [5, 5.41) is 0.768. The lowest BCUT2D eigenvalue weighted by Crippen LogP contribution is -2.05. The molecule has 0 amide bonds. The smallest absolute Gasteiger partial charge is 0.337 e. The number of aromatic nitrogens is 1. The van der Waals surface area contributed by atoms with Gasteiger partial charge in [0.2, 0.25) is 0 Å². The first-order valence-corrected chi connectivity index (χ1v) is 9.16. The summed E-state index contributed by atoms with van der Waals surface area (Å²) in [5.74, 6) is 0.0238. The Hall–Kier alpha value is -3.86. The van der Waals surface area contributed by atoms with Crippen LogP contribution in [0.5, 0.6) is 5.75 Å². The van der Waals surface area contributed by atoms with E-state index in [1.165, 1.54) is 7.11 Å². The maximum absolute atomic E-state index is 13.1. The second-order valence-corrected chi connectivity index (χ2v) is 6.59. The molecule has 0 aliphatic carbocycles. The summed E-state index contributed by atoms with van der Waals surface area (Å²) in [7, 11) is 1.31. The molecule has 144 valence electrons. The van der Waals surface area contributed by atoms with Crippen LogP contribution in [0.25, 0.3) is 10.9 Å². The number of hydrogen-bond acceptors (Lipinski definition) is 4. The zero-order valence-corrected chi connectivity index (χ0v) is 15.8. The largest absolute Gasteiger partial charge is 0.489 e. The van der Waals surface area contributed by atoms with Crippen LogP contribution in [0.15, 0.2) is 79.0 Å². The van der Waals surface area contributed by atoms with Crippen molar-refractivity contribution in [3.8, 4) is 5.75 Å². The number of esters is 1. The van der Waals surface area contributed by atoms with Crippen molar-refractivity contribution >= 4 is 22.7 Å². The lowest BCUT2D eigenvalue weighted by molar-refractivity contribution is 0.0600. The number of carbonyl (C=O) groups is 2. The Labute approximate surface area is 167 Å². The molecule has 0 spiro atoms. The average molecular weight is 385 g/mol. The van der Waals surface area contributed by atoms with E-state index in [2.05, 4.69) is 4.98 Å². The second-order valence-electron chi connectivity index (χ2n) is 6.59. The third kappa shape index (κ3) is 3.89. The van der Waals surface area contributed by atoms with E-state index in [0.29, 0.717) is 29.0 Å². The fourth-order valence-electron chi connectivity index (χ4n) is 3.18. The molecule has 29 heavy (non-hydrogen) atoms. The Bertz CT molecular complexity index is 1180. The third-order valence-electron chi connectivity index (χ3n) is 4.69. The van der Waals surface area contributed by atoms with Gasteiger partial charge in [-0.15, -0.1) is 0 Å². The van der Waals surface area contributed by atoms with E-state index in [1.807, 2.05) is 48.5 Å². The topological polar surface area (TPSA) is 68.4 Å². The summed E-state index contributed by atoms with van der Waals surface area (Å²) in [4.78, 5) is 27.9. The van der Waals surface area contributed by atoms with Gasteiger partial charge in [0.05, 0.1) is 12.7 Å². The van der Waals surface area contributed by atoms with Crippen LogP contribution in [-0.4, -0.2) is 23.8 Å². The molecule has 1 N–H and O–H groups in total. The first-order chi connectivity index (χ1) is 14.2. The van der Waals surface area contributed by atoms with Crippen molar-refractivity contribution in [1.29, 1.82) is 0 Å². The van der Waals surface area contributed by atoms with E-state index in [4.69, 9.17) is 9.47 Å². The number of aromatic amines is 1. The molecule has 5 nitrogen and oxygen atoms in total. The quantitative estimate of drug-likeness (QED) is 0.384. The Balaban J connectivity index is 1.62. The molecule has 4 rings (SSSR count). The van der Waals surface area contributed by atoms with E-state index in [0.717, 1.165) is 16.5 Å². The van der Waals surface area contributed by atoms with Gasteiger partial charge in [0, 0.05) is 28.2 Å². The number of rotatable bonds is 6. The van der Waals surface area contributed by atoms with Crippen molar-refractivity contribution in [3.63, 3.8) is 0 Å². The predicted octanol–water partition coefficient (Wildman–Crippen LogP) is 4.76. The summed E-state index contributed by atoms with van der Waals surface area (Å²) in [6, 6.07) is 22.0. The highest BCUT2D eigenvalue weighted by atomic mass is 16.5. The highest BCUT2D eigenvalue weighted by Gasteiger charge is 2.17. The number of carbonyl (C=O) groups excluding carboxylic acids is 2. The Morgan fingerprint density at radius 2 is 1.69 bits per heavy atom. The average Bonchev–Trinajstić information content (AvgIpc) is 3.20. The van der Waals surface area contributed by atoms with E-state index < -0.39 is 5.97 Å². The van der Waals surface area contributed by atoms with E-state index in [-0.39, 0.29) is 5.78 Å². The fourth-order valence-corrected chi connectivity index (χ4v) is 3.18. The van der Waals surface area contributed by atoms with Crippen LogP contribution in [-0.2, 0) is 11.3 Å². The van der Waals surface area contributed by atoms with Gasteiger partial charge in [-0.05, 0) is 35.9 Å². The predicted molar refractivity (Wildman–Crippen MR) is 110 cm³/mol. The molecule has 0 fully saturated rings. The molecule has 1 aromatic heterocycles. The summed E-state index contributed by atoms with van der Waals surface area (Å²) >= 11 is 0. The van der Waals surface area contributed by atoms with Crippen molar-refractivity contribution in [2.45, 2.75) is 6.61 Å². The van der Waals surface area contributed by atoms with Crippen LogP contribution < -0.4 is 4.74 Å². The highest BCUT2D eigenvalue weighted by molar-refractivity contribution is 6.17. The van der Waals surface area contributed by atoms with Gasteiger partial charge in [-0.1, -0.05) is 42.5 Å². The van der Waals surface area contributed by atoms with Crippen LogP contribution in [0.2, 0.25) is 0 Å². The van der Waals surface area contributed by atoms with Gasteiger partial charge in [-0.2, -0.15) is 0 Å². The third-order valence-corrected chi connectivity index (χ3v) is 4.69. The normalized spacial score (nSPS) is 10.7. The van der Waals surface area contributed by atoms with Crippen molar-refractivity contribution < 1.29 is 19.1 Å². The number of ketones is 1. The van der Waals surface area contributed by atoms with E-state index in [9.17, 15) is 9.59 Å². The minimum atomic E-state index is -0.477. The summed E-state index contributed by atoms with van der Waals surface area (Å²) < 4.78 is 10.6. The molecule has 0 radical (unpaired) electrons. The SMILES string of the molecule is COC(=O)c1cccc(C(=O)c2c[nH]c3ccc(OCc4ccccc4)cc23)c1. The minimum Gasteiger partial charge on any atom is -0.489 e. The van der Waals surface area contributed by atoms with E-state index in [1.54, 1.807) is 30.5 Å². The van der Waals surface area contributed by atoms with Crippen LogP contribution in [0.4, 0.5) is 0 Å². The van der Waals surface area contributed by atoms with Crippen LogP contribution in [0.1, 0.15) is 31.8 Å². The Kier molecular flexibility index (Phi) is 5.12. The van der Waals surface area contributed by atoms with Crippen molar-refractivity contribution in [2.24, 2.45) is 0 Å². The number of ether oxygens (including phenoxy) is 2. The number of nitrogens with one attached hydrogen (secondary N) is 1. The summed E-state index contributed by atoms with van der Waals surface area (Å²) in [5.41, 5.74) is 3.18. The molecular weight excluding hydrogens is 366 g/mol. The zero-order chi connectivity index (χ0) is 20.2. The lowest BCUT2D eigenvalue weighted by atomic mass is 10.0. The van der Waals surface area contributed by atoms with Crippen molar-refractivity contribution in [3.05, 3.63) is 101 Å². The monoisotopic (exact) mass is 385 g/mol. The number of hydrogen-bond donors (Lipinski definition) is 1. The van der Waals surface area contributed by atoms with Crippen molar-refractivity contribution in [2.75, 3.05) is 7.11 Å². The molecule has 0 atom stereocenters. The van der Waals surface area contributed by atoms with Crippen LogP contribution in [0.3, 0.4) is 0 Å². The minimum absolute atomic E-state index is 0.179. The molecule has 0 unspecified atom stereocenters. The maximum atomic E-state index is 13.1. The molecule has 5 heteroatoms. The lowest BCUT2D eigenvalue weighted by Gasteiger charge is -2.07. The number of H-pyrrole nitrogens is 1. The van der Waals surface area contributed by atoms with Gasteiger partial charge in [0.25, 0.3) is 0 Å². The molecule has 3 aromatic carbocycles. The molecule has 0 saturated heterocycles. The Morgan fingerprint density at radius 1 is 0.897 bits per heavy atom. The molecule has 0 aliphatic rings. The second kappa shape index (κ2) is 8.02. The first-order valence-electron chi connectivity index (χ1n) is 9.16. The van der Waals surface area contributed by atoms with Crippen molar-refractivity contribution in [1.82, 2.24) is 4.98 Å². The van der Waals surface area contributed by atoms with Gasteiger partial charge >= 0.3 is 5.97 Å². The number of methoxy groups -OCH3 is 1. The Morgan fingerprint density at radius 3 is 2.48 bits per heavy atom. The molecule has 1 heterocycles. The van der Waals surface area contributed by atoms with Gasteiger partial charge in [0.1, 0.15) is 12.4 Å². The summed E-state index contributed by atoms with van der Waals surface area (Å²) in [6.07, 6.45) is 1.68. The van der Waals surface area contributed by atoms with Gasteiger partial charge < -0.3 is 14.5 Å². The first kappa shape index (κ1) is 18.5. The highest BCUT2D eigenvalue weighted by Crippen LogP contribution is 2.26. The molecule has 0 bridgehead atoms. The molecule has 0 saturated carbocycles. The van der Waals surface area contributed by atoms with Gasteiger partial charge in [-0.3, -0.25) is 4.79 Å². The van der Waals surface area contributed by atoms with E-state index >= 15 is 0 Å². The maximum Gasteiger partial charge on any atom is 0.337 e. The fraction of sp³-hybridized carbons (Fsp3) is 0.0833. The molecule has 0 aliphatic heterocycles. The summed E-state index contributed by atoms with van der Waals surface area (Å²) in [6.45, 7) is 0.446.